The Balaban J connectivity index is 1.20. The molecule has 3 aliphatic carbocycles. The van der Waals surface area contributed by atoms with Crippen LogP contribution in [-0.2, 0) is 10.8 Å². The third-order valence-electron chi connectivity index (χ3n) is 14.6. The number of fused-ring (bicyclic) bond motifs is 16. The Hall–Kier alpha value is -8.22. The van der Waals surface area contributed by atoms with Gasteiger partial charge in [-0.3, -0.25) is 0 Å². The summed E-state index contributed by atoms with van der Waals surface area (Å²) in [4.78, 5) is 3.63. The van der Waals surface area contributed by atoms with E-state index in [4.69, 9.17) is 0 Å². The van der Waals surface area contributed by atoms with Crippen molar-refractivity contribution >= 4 is 44.9 Å². The molecule has 0 amide bonds. The lowest BCUT2D eigenvalue weighted by atomic mass is 9.69. The SMILES string of the molecule is CC1(C)c2cc(N(c3cccc(F)c3)c3ccccc3F)ccc2-c2c(N(c3cccc(F)c3)c3ccccc3F)cc3c(c21)-c1c(ccc2ccccc12)C31c2ccccc2-c2ccccc21. The number of anilines is 6. The van der Waals surface area contributed by atoms with Crippen LogP contribution in [0, 0.1) is 23.3 Å². The van der Waals surface area contributed by atoms with Crippen molar-refractivity contribution < 1.29 is 17.6 Å². The average molecular weight is 889 g/mol. The molecule has 3 aliphatic rings. The van der Waals surface area contributed by atoms with Crippen LogP contribution >= 0.6 is 0 Å². The van der Waals surface area contributed by atoms with Gasteiger partial charge in [-0.1, -0.05) is 141 Å². The van der Waals surface area contributed by atoms with Crippen LogP contribution < -0.4 is 9.80 Å². The number of halogens is 4. The van der Waals surface area contributed by atoms with Crippen molar-refractivity contribution in [1.82, 2.24) is 0 Å². The summed E-state index contributed by atoms with van der Waals surface area (Å²) >= 11 is 0. The van der Waals surface area contributed by atoms with Gasteiger partial charge in [-0.2, -0.15) is 0 Å². The van der Waals surface area contributed by atoms with E-state index in [-0.39, 0.29) is 11.4 Å². The predicted octanol–water partition coefficient (Wildman–Crippen LogP) is 17.0. The molecule has 0 bridgehead atoms. The first-order valence-corrected chi connectivity index (χ1v) is 22.9. The highest BCUT2D eigenvalue weighted by atomic mass is 19.1. The molecular weight excluding hydrogens is 849 g/mol. The molecule has 0 N–H and O–H groups in total. The molecule has 2 nitrogen and oxygen atoms in total. The van der Waals surface area contributed by atoms with Crippen molar-refractivity contribution in [2.75, 3.05) is 9.80 Å². The normalized spacial score (nSPS) is 14.0. The first-order valence-electron chi connectivity index (χ1n) is 22.9. The Bertz CT molecular complexity index is 3710. The second-order valence-corrected chi connectivity index (χ2v) is 18.5. The van der Waals surface area contributed by atoms with E-state index in [0.717, 1.165) is 77.5 Å². The summed E-state index contributed by atoms with van der Waals surface area (Å²) in [6.45, 7) is 4.45. The summed E-state index contributed by atoms with van der Waals surface area (Å²) in [6.07, 6.45) is 0. The number of para-hydroxylation sites is 2. The summed E-state index contributed by atoms with van der Waals surface area (Å²) in [6, 6.07) is 64.4. The molecule has 0 unspecified atom stereocenters. The van der Waals surface area contributed by atoms with Crippen LogP contribution in [0.3, 0.4) is 0 Å². The lowest BCUT2D eigenvalue weighted by molar-refractivity contribution is 0.624. The lowest BCUT2D eigenvalue weighted by Gasteiger charge is -2.34. The summed E-state index contributed by atoms with van der Waals surface area (Å²) < 4.78 is 63.7. The summed E-state index contributed by atoms with van der Waals surface area (Å²) in [5, 5.41) is 2.21. The topological polar surface area (TPSA) is 6.48 Å². The molecule has 0 atom stereocenters. The molecule has 68 heavy (non-hydrogen) atoms. The van der Waals surface area contributed by atoms with Crippen LogP contribution in [0.4, 0.5) is 51.7 Å². The zero-order chi connectivity index (χ0) is 46.1. The molecular formula is C62H40F4N2. The van der Waals surface area contributed by atoms with E-state index in [1.807, 2.05) is 17.0 Å². The lowest BCUT2D eigenvalue weighted by Crippen LogP contribution is -2.27. The van der Waals surface area contributed by atoms with Crippen molar-refractivity contribution in [3.63, 3.8) is 0 Å². The Kier molecular flexibility index (Phi) is 8.63. The van der Waals surface area contributed by atoms with E-state index in [1.54, 1.807) is 59.5 Å². The molecule has 0 saturated heterocycles. The highest BCUT2D eigenvalue weighted by Crippen LogP contribution is 2.69. The molecule has 0 radical (unpaired) electrons. The number of rotatable bonds is 6. The van der Waals surface area contributed by atoms with Gasteiger partial charge >= 0.3 is 0 Å². The first kappa shape index (κ1) is 40.1. The van der Waals surface area contributed by atoms with Crippen LogP contribution in [0.1, 0.15) is 47.2 Å². The third-order valence-corrected chi connectivity index (χ3v) is 14.6. The van der Waals surface area contributed by atoms with Gasteiger partial charge in [-0.25, -0.2) is 17.6 Å². The largest absolute Gasteiger partial charge is 0.308 e. The number of nitrogens with zero attached hydrogens (tertiary/aromatic N) is 2. The standard InChI is InChI=1S/C62H40F4N2/c1-61(2)50-35-42(67(40-18-13-16-38(63)33-40)54-27-11-9-25-52(54)65)30-31-46(50)58-56(68(41-19-14-17-39(64)34-41)55-28-12-10-26-53(55)66)36-51-59(60(58)61)57-43-20-4-3-15-37(43)29-32-49(57)62(51)47-23-7-5-21-44(47)45-22-6-8-24-48(45)62/h3-36H,1-2H3. The van der Waals surface area contributed by atoms with E-state index in [1.165, 1.54) is 36.4 Å². The molecule has 13 rings (SSSR count). The molecule has 0 heterocycles. The molecule has 6 heteroatoms. The maximum Gasteiger partial charge on any atom is 0.147 e. The molecule has 326 valence electrons. The minimum absolute atomic E-state index is 0.266. The van der Waals surface area contributed by atoms with Crippen LogP contribution in [0.15, 0.2) is 206 Å². The minimum atomic E-state index is -0.802. The van der Waals surface area contributed by atoms with E-state index in [0.29, 0.717) is 22.7 Å². The van der Waals surface area contributed by atoms with Crippen LogP contribution in [-0.4, -0.2) is 0 Å². The van der Waals surface area contributed by atoms with Gasteiger partial charge in [0.05, 0.1) is 22.5 Å². The van der Waals surface area contributed by atoms with Crippen molar-refractivity contribution in [3.05, 3.63) is 263 Å². The Morgan fingerprint density at radius 1 is 0.353 bits per heavy atom. The molecule has 10 aromatic carbocycles. The van der Waals surface area contributed by atoms with Crippen molar-refractivity contribution in [3.8, 4) is 33.4 Å². The zero-order valence-corrected chi connectivity index (χ0v) is 37.0. The Labute approximate surface area is 391 Å². The Morgan fingerprint density at radius 2 is 0.912 bits per heavy atom. The van der Waals surface area contributed by atoms with Gasteiger partial charge in [-0.15, -0.1) is 0 Å². The van der Waals surface area contributed by atoms with Crippen molar-refractivity contribution in [2.24, 2.45) is 0 Å². The number of benzene rings is 10. The van der Waals surface area contributed by atoms with Gasteiger partial charge < -0.3 is 9.80 Å². The van der Waals surface area contributed by atoms with Gasteiger partial charge in [0.1, 0.15) is 23.3 Å². The number of hydrogen-bond acceptors (Lipinski definition) is 2. The zero-order valence-electron chi connectivity index (χ0n) is 37.0. The number of hydrogen-bond donors (Lipinski definition) is 0. The molecule has 0 aromatic heterocycles. The molecule has 10 aromatic rings. The molecule has 0 fully saturated rings. The van der Waals surface area contributed by atoms with Crippen molar-refractivity contribution in [2.45, 2.75) is 24.7 Å². The molecule has 1 spiro atoms. The molecule has 0 aliphatic heterocycles. The van der Waals surface area contributed by atoms with Gasteiger partial charge in [0, 0.05) is 28.0 Å². The maximum atomic E-state index is 16.8. The van der Waals surface area contributed by atoms with Crippen LogP contribution in [0.2, 0.25) is 0 Å². The van der Waals surface area contributed by atoms with Crippen molar-refractivity contribution in [1.29, 1.82) is 0 Å². The smallest absolute Gasteiger partial charge is 0.147 e. The van der Waals surface area contributed by atoms with Gasteiger partial charge in [0.15, 0.2) is 0 Å². The fraction of sp³-hybridized carbons (Fsp3) is 0.0645. The highest BCUT2D eigenvalue weighted by Gasteiger charge is 2.55. The Morgan fingerprint density at radius 3 is 1.56 bits per heavy atom. The third kappa shape index (κ3) is 5.46. The second-order valence-electron chi connectivity index (χ2n) is 18.5. The van der Waals surface area contributed by atoms with Gasteiger partial charge in [0.25, 0.3) is 0 Å². The molecule has 0 saturated carbocycles. The van der Waals surface area contributed by atoms with Gasteiger partial charge in [-0.05, 0) is 151 Å². The maximum absolute atomic E-state index is 16.8. The average Bonchev–Trinajstić information content (AvgIpc) is 3.91. The van der Waals surface area contributed by atoms with Crippen LogP contribution in [0.25, 0.3) is 44.2 Å². The second kappa shape index (κ2) is 14.6. The van der Waals surface area contributed by atoms with E-state index in [9.17, 15) is 0 Å². The predicted molar refractivity (Wildman–Crippen MR) is 267 cm³/mol. The first-order chi connectivity index (χ1) is 33.2. The quantitative estimate of drug-likeness (QED) is 0.154. The van der Waals surface area contributed by atoms with Gasteiger partial charge in [0.2, 0.25) is 0 Å². The summed E-state index contributed by atoms with van der Waals surface area (Å²) in [5.41, 5.74) is 14.0. The summed E-state index contributed by atoms with van der Waals surface area (Å²) in [5.74, 6) is -1.82. The van der Waals surface area contributed by atoms with E-state index < -0.39 is 34.1 Å². The highest BCUT2D eigenvalue weighted by molar-refractivity contribution is 6.11. The van der Waals surface area contributed by atoms with E-state index in [2.05, 4.69) is 117 Å². The monoisotopic (exact) mass is 888 g/mol. The summed E-state index contributed by atoms with van der Waals surface area (Å²) in [7, 11) is 0. The van der Waals surface area contributed by atoms with E-state index >= 15 is 17.6 Å². The van der Waals surface area contributed by atoms with Crippen LogP contribution in [0.5, 0.6) is 0 Å². The fourth-order valence-electron chi connectivity index (χ4n) is 12.0. The fourth-order valence-corrected chi connectivity index (χ4v) is 12.0. The minimum Gasteiger partial charge on any atom is -0.308 e.